The number of piperidine rings is 1. The summed E-state index contributed by atoms with van der Waals surface area (Å²) >= 11 is 0. The number of anilines is 1. The van der Waals surface area contributed by atoms with Gasteiger partial charge in [0.1, 0.15) is 5.82 Å². The minimum absolute atomic E-state index is 0.106. The van der Waals surface area contributed by atoms with E-state index < -0.39 is 0 Å². The number of rotatable bonds is 2. The van der Waals surface area contributed by atoms with Gasteiger partial charge in [0.2, 0.25) is 0 Å². The van der Waals surface area contributed by atoms with Gasteiger partial charge in [-0.05, 0) is 50.2 Å². The van der Waals surface area contributed by atoms with Crippen LogP contribution in [-0.2, 0) is 0 Å². The molecule has 0 radical (unpaired) electrons. The second kappa shape index (κ2) is 5.72. The molecule has 2 fully saturated rings. The van der Waals surface area contributed by atoms with E-state index in [0.29, 0.717) is 6.04 Å². The second-order valence-corrected chi connectivity index (χ2v) is 6.41. The number of fused-ring (bicyclic) bond motifs is 1. The third kappa shape index (κ3) is 2.44. The molecule has 1 heterocycles. The van der Waals surface area contributed by atoms with Crippen LogP contribution in [0.15, 0.2) is 18.2 Å². The van der Waals surface area contributed by atoms with Crippen molar-refractivity contribution in [3.8, 4) is 0 Å². The van der Waals surface area contributed by atoms with Gasteiger partial charge in [0, 0.05) is 18.6 Å². The lowest BCUT2D eigenvalue weighted by Crippen LogP contribution is -2.47. The molecule has 2 aliphatic rings. The average molecular weight is 276 g/mol. The standard InChI is InChI=1S/C17H25FN2/c1-12(19)14-8-4-9-15(18)17(14)20-11-5-7-13-6-2-3-10-16(13)20/h4,8-9,12-13,16H,2-3,5-7,10-11,19H2,1H3/t12-,13-,16-/m1/s1. The molecule has 3 atom stereocenters. The predicted octanol–water partition coefficient (Wildman–Crippen LogP) is 4.00. The highest BCUT2D eigenvalue weighted by molar-refractivity contribution is 5.57. The Labute approximate surface area is 121 Å². The molecular weight excluding hydrogens is 251 g/mol. The zero-order valence-corrected chi connectivity index (χ0v) is 12.3. The van der Waals surface area contributed by atoms with Gasteiger partial charge in [-0.3, -0.25) is 0 Å². The Morgan fingerprint density at radius 3 is 2.75 bits per heavy atom. The van der Waals surface area contributed by atoms with Gasteiger partial charge in [-0.25, -0.2) is 4.39 Å². The lowest BCUT2D eigenvalue weighted by Gasteiger charge is -2.46. The second-order valence-electron chi connectivity index (χ2n) is 6.41. The van der Waals surface area contributed by atoms with Gasteiger partial charge < -0.3 is 10.6 Å². The van der Waals surface area contributed by atoms with Crippen molar-refractivity contribution in [3.63, 3.8) is 0 Å². The van der Waals surface area contributed by atoms with E-state index in [1.54, 1.807) is 12.1 Å². The topological polar surface area (TPSA) is 29.3 Å². The summed E-state index contributed by atoms with van der Waals surface area (Å²) < 4.78 is 14.5. The first kappa shape index (κ1) is 13.9. The van der Waals surface area contributed by atoms with E-state index in [4.69, 9.17) is 5.73 Å². The first-order chi connectivity index (χ1) is 9.68. The van der Waals surface area contributed by atoms with Gasteiger partial charge in [0.25, 0.3) is 0 Å². The molecule has 2 N–H and O–H groups in total. The van der Waals surface area contributed by atoms with E-state index in [9.17, 15) is 4.39 Å². The molecule has 0 bridgehead atoms. The smallest absolute Gasteiger partial charge is 0.146 e. The molecule has 3 rings (SSSR count). The summed E-state index contributed by atoms with van der Waals surface area (Å²) in [4.78, 5) is 2.33. The number of hydrogen-bond donors (Lipinski definition) is 1. The van der Waals surface area contributed by atoms with Crippen molar-refractivity contribution in [2.45, 2.75) is 57.5 Å². The zero-order chi connectivity index (χ0) is 14.1. The van der Waals surface area contributed by atoms with Gasteiger partial charge >= 0.3 is 0 Å². The van der Waals surface area contributed by atoms with E-state index in [0.717, 1.165) is 23.7 Å². The first-order valence-corrected chi connectivity index (χ1v) is 7.99. The highest BCUT2D eigenvalue weighted by Gasteiger charge is 2.35. The third-order valence-corrected chi connectivity index (χ3v) is 5.04. The Balaban J connectivity index is 1.98. The highest BCUT2D eigenvalue weighted by Crippen LogP contribution is 2.40. The Hall–Kier alpha value is -1.09. The van der Waals surface area contributed by atoms with Crippen LogP contribution in [0.3, 0.4) is 0 Å². The number of nitrogens with two attached hydrogens (primary N) is 1. The van der Waals surface area contributed by atoms with Gasteiger partial charge in [-0.1, -0.05) is 25.0 Å². The fraction of sp³-hybridized carbons (Fsp3) is 0.647. The lowest BCUT2D eigenvalue weighted by molar-refractivity contribution is 0.242. The SMILES string of the molecule is C[C@@H](N)c1cccc(F)c1N1CCC[C@H]2CCCC[C@H]21. The van der Waals surface area contributed by atoms with Gasteiger partial charge in [0.15, 0.2) is 0 Å². The molecule has 1 saturated carbocycles. The summed E-state index contributed by atoms with van der Waals surface area (Å²) in [5, 5.41) is 0. The van der Waals surface area contributed by atoms with E-state index in [-0.39, 0.29) is 11.9 Å². The van der Waals surface area contributed by atoms with Crippen molar-refractivity contribution in [3.05, 3.63) is 29.6 Å². The summed E-state index contributed by atoms with van der Waals surface area (Å²) in [5.74, 6) is 0.643. The van der Waals surface area contributed by atoms with Crippen LogP contribution in [0, 0.1) is 11.7 Å². The Kier molecular flexibility index (Phi) is 3.97. The fourth-order valence-corrected chi connectivity index (χ4v) is 4.10. The minimum atomic E-state index is -0.121. The first-order valence-electron chi connectivity index (χ1n) is 7.99. The third-order valence-electron chi connectivity index (χ3n) is 5.04. The van der Waals surface area contributed by atoms with Crippen molar-refractivity contribution in [1.29, 1.82) is 0 Å². The van der Waals surface area contributed by atoms with Crippen molar-refractivity contribution in [2.75, 3.05) is 11.4 Å². The molecule has 1 aromatic rings. The van der Waals surface area contributed by atoms with Crippen molar-refractivity contribution in [2.24, 2.45) is 11.7 Å². The Bertz CT molecular complexity index is 470. The number of halogens is 1. The van der Waals surface area contributed by atoms with Gasteiger partial charge in [-0.15, -0.1) is 0 Å². The molecule has 0 unspecified atom stereocenters. The van der Waals surface area contributed by atoms with E-state index >= 15 is 0 Å². The van der Waals surface area contributed by atoms with Crippen molar-refractivity contribution in [1.82, 2.24) is 0 Å². The quantitative estimate of drug-likeness (QED) is 0.884. The minimum Gasteiger partial charge on any atom is -0.366 e. The normalized spacial score (nSPS) is 28.1. The van der Waals surface area contributed by atoms with Gasteiger partial charge in [0.05, 0.1) is 5.69 Å². The van der Waals surface area contributed by atoms with E-state index in [2.05, 4.69) is 4.90 Å². The molecule has 1 aliphatic carbocycles. The molecule has 0 spiro atoms. The maximum atomic E-state index is 14.5. The summed E-state index contributed by atoms with van der Waals surface area (Å²) in [7, 11) is 0. The summed E-state index contributed by atoms with van der Waals surface area (Å²) in [6.45, 7) is 2.92. The summed E-state index contributed by atoms with van der Waals surface area (Å²) in [5.41, 5.74) is 7.80. The maximum absolute atomic E-state index is 14.5. The molecule has 1 aromatic carbocycles. The van der Waals surface area contributed by atoms with Crippen LogP contribution < -0.4 is 10.6 Å². The van der Waals surface area contributed by atoms with Crippen molar-refractivity contribution >= 4 is 5.69 Å². The van der Waals surface area contributed by atoms with Gasteiger partial charge in [-0.2, -0.15) is 0 Å². The molecule has 0 amide bonds. The van der Waals surface area contributed by atoms with Crippen molar-refractivity contribution < 1.29 is 4.39 Å². The predicted molar refractivity (Wildman–Crippen MR) is 81.3 cm³/mol. The van der Waals surface area contributed by atoms with Crippen LogP contribution in [-0.4, -0.2) is 12.6 Å². The largest absolute Gasteiger partial charge is 0.366 e. The molecule has 3 heteroatoms. The lowest BCUT2D eigenvalue weighted by atomic mass is 9.78. The van der Waals surface area contributed by atoms with Crippen LogP contribution >= 0.6 is 0 Å². The summed E-state index contributed by atoms with van der Waals surface area (Å²) in [6, 6.07) is 5.74. The Morgan fingerprint density at radius 2 is 1.95 bits per heavy atom. The number of nitrogens with zero attached hydrogens (tertiary/aromatic N) is 1. The molecule has 110 valence electrons. The number of benzene rings is 1. The molecular formula is C17H25FN2. The number of para-hydroxylation sites is 1. The van der Waals surface area contributed by atoms with Crippen LogP contribution in [0.1, 0.15) is 57.1 Å². The molecule has 1 saturated heterocycles. The monoisotopic (exact) mass is 276 g/mol. The maximum Gasteiger partial charge on any atom is 0.146 e. The number of hydrogen-bond acceptors (Lipinski definition) is 2. The molecule has 2 nitrogen and oxygen atoms in total. The van der Waals surface area contributed by atoms with Crippen LogP contribution in [0.4, 0.5) is 10.1 Å². The fourth-order valence-electron chi connectivity index (χ4n) is 4.10. The molecule has 1 aliphatic heterocycles. The van der Waals surface area contributed by atoms with Crippen LogP contribution in [0.25, 0.3) is 0 Å². The average Bonchev–Trinajstić information content (AvgIpc) is 2.46. The molecule has 20 heavy (non-hydrogen) atoms. The highest BCUT2D eigenvalue weighted by atomic mass is 19.1. The van der Waals surface area contributed by atoms with E-state index in [1.165, 1.54) is 38.5 Å². The summed E-state index contributed by atoms with van der Waals surface area (Å²) in [6.07, 6.45) is 7.61. The molecule has 0 aromatic heterocycles. The Morgan fingerprint density at radius 1 is 1.20 bits per heavy atom. The van der Waals surface area contributed by atoms with E-state index in [1.807, 2.05) is 13.0 Å². The zero-order valence-electron chi connectivity index (χ0n) is 12.3. The van der Waals surface area contributed by atoms with Crippen LogP contribution in [0.5, 0.6) is 0 Å². The van der Waals surface area contributed by atoms with Crippen LogP contribution in [0.2, 0.25) is 0 Å².